The number of halogens is 2. The Kier molecular flexibility index (Phi) is 5.23. The maximum absolute atomic E-state index is 13.7. The van der Waals surface area contributed by atoms with Crippen molar-refractivity contribution in [1.29, 1.82) is 0 Å². The molecule has 0 radical (unpaired) electrons. The number of nitrogens with zero attached hydrogens (tertiary/aromatic N) is 1. The molecule has 2 N–H and O–H groups in total. The van der Waals surface area contributed by atoms with Gasteiger partial charge in [0.15, 0.2) is 0 Å². The van der Waals surface area contributed by atoms with Crippen LogP contribution < -0.4 is 5.73 Å². The highest BCUT2D eigenvalue weighted by Gasteiger charge is 2.39. The van der Waals surface area contributed by atoms with E-state index in [0.29, 0.717) is 18.9 Å². The van der Waals surface area contributed by atoms with E-state index in [2.05, 4.69) is 0 Å². The Balaban J connectivity index is 3.35. The number of benzene rings is 1. The molecule has 0 amide bonds. The van der Waals surface area contributed by atoms with Crippen molar-refractivity contribution in [2.45, 2.75) is 37.1 Å². The molecular formula is C13H20F2N2O2S. The van der Waals surface area contributed by atoms with Crippen LogP contribution in [0.15, 0.2) is 23.1 Å². The number of hydrogen-bond acceptors (Lipinski definition) is 3. The molecule has 1 rings (SSSR count). The summed E-state index contributed by atoms with van der Waals surface area (Å²) in [6, 6.07) is 2.41. The van der Waals surface area contributed by atoms with E-state index in [1.165, 1.54) is 7.05 Å². The van der Waals surface area contributed by atoms with Crippen molar-refractivity contribution in [3.05, 3.63) is 29.8 Å². The first kappa shape index (κ1) is 17.0. The van der Waals surface area contributed by atoms with Gasteiger partial charge in [-0.3, -0.25) is 0 Å². The number of rotatable bonds is 6. The fourth-order valence-corrected chi connectivity index (χ4v) is 3.88. The summed E-state index contributed by atoms with van der Waals surface area (Å²) < 4.78 is 52.7. The van der Waals surface area contributed by atoms with Gasteiger partial charge in [-0.25, -0.2) is 17.2 Å². The van der Waals surface area contributed by atoms with Crippen LogP contribution in [0.5, 0.6) is 0 Å². The summed E-state index contributed by atoms with van der Waals surface area (Å²) in [5, 5.41) is 0. The second-order valence-corrected chi connectivity index (χ2v) is 6.62. The third-order valence-corrected chi connectivity index (χ3v) is 5.89. The van der Waals surface area contributed by atoms with Gasteiger partial charge in [0.05, 0.1) is 0 Å². The number of nitrogens with two attached hydrogens (primary N) is 1. The minimum atomic E-state index is -4.07. The molecule has 1 aromatic carbocycles. The van der Waals surface area contributed by atoms with Crippen LogP contribution in [0.2, 0.25) is 0 Å². The van der Waals surface area contributed by atoms with Crippen LogP contribution in [0.3, 0.4) is 0 Å². The van der Waals surface area contributed by atoms with Gasteiger partial charge in [0.2, 0.25) is 10.0 Å². The van der Waals surface area contributed by atoms with Gasteiger partial charge >= 0.3 is 0 Å². The second-order valence-electron chi connectivity index (χ2n) is 4.68. The van der Waals surface area contributed by atoms with Crippen LogP contribution in [-0.4, -0.2) is 31.9 Å². The van der Waals surface area contributed by atoms with Crippen molar-refractivity contribution >= 4 is 10.0 Å². The van der Waals surface area contributed by atoms with Gasteiger partial charge in [0.1, 0.15) is 16.5 Å². The van der Waals surface area contributed by atoms with Crippen molar-refractivity contribution in [2.75, 3.05) is 13.6 Å². The Bertz CT molecular complexity index is 563. The Hall–Kier alpha value is -1.05. The van der Waals surface area contributed by atoms with E-state index < -0.39 is 32.1 Å². The lowest BCUT2D eigenvalue weighted by molar-refractivity contribution is 0.207. The highest BCUT2D eigenvalue weighted by atomic mass is 32.2. The maximum atomic E-state index is 13.7. The van der Waals surface area contributed by atoms with E-state index in [9.17, 15) is 17.2 Å². The second kappa shape index (κ2) is 6.15. The summed E-state index contributed by atoms with van der Waals surface area (Å²) in [5.74, 6) is -1.92. The zero-order valence-corrected chi connectivity index (χ0v) is 12.7. The molecular weight excluding hydrogens is 286 g/mol. The van der Waals surface area contributed by atoms with Crippen LogP contribution in [0, 0.1) is 11.6 Å². The monoisotopic (exact) mass is 306 g/mol. The highest BCUT2D eigenvalue weighted by Crippen LogP contribution is 2.29. The van der Waals surface area contributed by atoms with Gasteiger partial charge in [-0.1, -0.05) is 13.8 Å². The number of hydrogen-bond donors (Lipinski definition) is 1. The van der Waals surface area contributed by atoms with Crippen LogP contribution in [0.4, 0.5) is 8.78 Å². The largest absolute Gasteiger partial charge is 0.329 e. The average Bonchev–Trinajstić information content (AvgIpc) is 2.40. The molecule has 0 unspecified atom stereocenters. The predicted octanol–water partition coefficient (Wildman–Crippen LogP) is 2.10. The van der Waals surface area contributed by atoms with E-state index in [-0.39, 0.29) is 6.54 Å². The minimum absolute atomic E-state index is 0.124. The summed E-state index contributed by atoms with van der Waals surface area (Å²) in [6.07, 6.45) is 0.997. The average molecular weight is 306 g/mol. The zero-order valence-electron chi connectivity index (χ0n) is 11.9. The van der Waals surface area contributed by atoms with Gasteiger partial charge in [0.25, 0.3) is 0 Å². The summed E-state index contributed by atoms with van der Waals surface area (Å²) in [6.45, 7) is 3.77. The van der Waals surface area contributed by atoms with E-state index in [1.54, 1.807) is 0 Å². The van der Waals surface area contributed by atoms with E-state index in [0.717, 1.165) is 16.4 Å². The molecule has 0 aliphatic carbocycles. The fraction of sp³-hybridized carbons (Fsp3) is 0.538. The third kappa shape index (κ3) is 2.84. The first-order chi connectivity index (χ1) is 9.25. The highest BCUT2D eigenvalue weighted by molar-refractivity contribution is 7.89. The Morgan fingerprint density at radius 1 is 1.25 bits per heavy atom. The molecule has 0 saturated heterocycles. The Morgan fingerprint density at radius 2 is 1.80 bits per heavy atom. The van der Waals surface area contributed by atoms with Gasteiger partial charge in [-0.15, -0.1) is 0 Å². The molecule has 0 spiro atoms. The van der Waals surface area contributed by atoms with Gasteiger partial charge in [-0.05, 0) is 25.0 Å². The summed E-state index contributed by atoms with van der Waals surface area (Å²) >= 11 is 0. The normalized spacial score (nSPS) is 12.9. The van der Waals surface area contributed by atoms with Crippen molar-refractivity contribution in [2.24, 2.45) is 5.73 Å². The molecule has 114 valence electrons. The summed E-state index contributed by atoms with van der Waals surface area (Å²) in [4.78, 5) is -0.541. The lowest BCUT2D eigenvalue weighted by Gasteiger charge is -2.38. The smallest absolute Gasteiger partial charge is 0.246 e. The molecule has 0 atom stereocenters. The third-order valence-electron chi connectivity index (χ3n) is 3.90. The van der Waals surface area contributed by atoms with Crippen LogP contribution in [0.1, 0.15) is 26.7 Å². The SMILES string of the molecule is CCC(CC)(CN)N(C)S(=O)(=O)c1ccc(F)cc1F. The molecule has 0 fully saturated rings. The molecule has 0 bridgehead atoms. The Labute approximate surface area is 118 Å². The molecule has 4 nitrogen and oxygen atoms in total. The summed E-state index contributed by atoms with van der Waals surface area (Å²) in [7, 11) is -2.70. The van der Waals surface area contributed by atoms with Crippen molar-refractivity contribution in [1.82, 2.24) is 4.31 Å². The lowest BCUT2D eigenvalue weighted by Crippen LogP contribution is -2.53. The van der Waals surface area contributed by atoms with Crippen molar-refractivity contribution in [3.63, 3.8) is 0 Å². The van der Waals surface area contributed by atoms with Gasteiger partial charge in [-0.2, -0.15) is 4.31 Å². The molecule has 20 heavy (non-hydrogen) atoms. The maximum Gasteiger partial charge on any atom is 0.246 e. The number of sulfonamides is 1. The fourth-order valence-electron chi connectivity index (χ4n) is 2.20. The first-order valence-corrected chi connectivity index (χ1v) is 7.83. The molecule has 0 aliphatic heterocycles. The lowest BCUT2D eigenvalue weighted by atomic mass is 9.93. The molecule has 1 aromatic rings. The minimum Gasteiger partial charge on any atom is -0.329 e. The van der Waals surface area contributed by atoms with E-state index in [4.69, 9.17) is 5.73 Å². The number of likely N-dealkylation sites (N-methyl/N-ethyl adjacent to an activating group) is 1. The Morgan fingerprint density at radius 3 is 2.20 bits per heavy atom. The molecule has 0 aliphatic rings. The zero-order chi connectivity index (χ0) is 15.6. The van der Waals surface area contributed by atoms with Crippen LogP contribution in [-0.2, 0) is 10.0 Å². The van der Waals surface area contributed by atoms with Gasteiger partial charge < -0.3 is 5.73 Å². The molecule has 0 heterocycles. The summed E-state index contributed by atoms with van der Waals surface area (Å²) in [5.41, 5.74) is 4.93. The van der Waals surface area contributed by atoms with Crippen molar-refractivity contribution < 1.29 is 17.2 Å². The van der Waals surface area contributed by atoms with Gasteiger partial charge in [0, 0.05) is 25.2 Å². The topological polar surface area (TPSA) is 63.4 Å². The first-order valence-electron chi connectivity index (χ1n) is 6.39. The van der Waals surface area contributed by atoms with Crippen LogP contribution >= 0.6 is 0 Å². The van der Waals surface area contributed by atoms with E-state index >= 15 is 0 Å². The molecule has 0 saturated carbocycles. The van der Waals surface area contributed by atoms with Crippen LogP contribution in [0.25, 0.3) is 0 Å². The standard InChI is InChI=1S/C13H20F2N2O2S/c1-4-13(5-2,9-16)17(3)20(18,19)12-7-6-10(14)8-11(12)15/h6-8H,4-5,9,16H2,1-3H3. The molecule has 7 heteroatoms. The predicted molar refractivity (Wildman–Crippen MR) is 73.7 cm³/mol. The molecule has 0 aromatic heterocycles. The van der Waals surface area contributed by atoms with Crippen molar-refractivity contribution in [3.8, 4) is 0 Å². The quantitative estimate of drug-likeness (QED) is 0.875. The van der Waals surface area contributed by atoms with E-state index in [1.807, 2.05) is 13.8 Å².